The number of para-hydroxylation sites is 1. The molecule has 0 aliphatic carbocycles. The summed E-state index contributed by atoms with van der Waals surface area (Å²) in [6, 6.07) is 13.3. The number of ether oxygens (including phenoxy) is 1. The predicted molar refractivity (Wildman–Crippen MR) is 76.2 cm³/mol. The number of hydrogen-bond donors (Lipinski definition) is 2. The summed E-state index contributed by atoms with van der Waals surface area (Å²) in [7, 11) is 1.66. The second-order valence-corrected chi connectivity index (χ2v) is 4.31. The van der Waals surface area contributed by atoms with Crippen LogP contribution in [0, 0.1) is 0 Å². The average molecular weight is 263 g/mol. The van der Waals surface area contributed by atoms with E-state index in [1.165, 1.54) is 0 Å². The molecule has 3 nitrogen and oxygen atoms in total. The van der Waals surface area contributed by atoms with Crippen molar-refractivity contribution in [1.82, 2.24) is 0 Å². The Morgan fingerprint density at radius 1 is 1.22 bits per heavy atom. The number of nitrogens with two attached hydrogens (primary N) is 1. The normalized spacial score (nSPS) is 10.1. The molecule has 0 aromatic heterocycles. The van der Waals surface area contributed by atoms with Gasteiger partial charge in [-0.15, -0.1) is 0 Å². The summed E-state index contributed by atoms with van der Waals surface area (Å²) in [6.07, 6.45) is 0. The highest BCUT2D eigenvalue weighted by molar-refractivity contribution is 6.33. The van der Waals surface area contributed by atoms with E-state index in [0.717, 1.165) is 17.0 Å². The minimum Gasteiger partial charge on any atom is -0.496 e. The quantitative estimate of drug-likeness (QED) is 0.829. The van der Waals surface area contributed by atoms with Crippen LogP contribution >= 0.6 is 11.6 Å². The first-order valence-corrected chi connectivity index (χ1v) is 5.99. The smallest absolute Gasteiger partial charge is 0.123 e. The SMILES string of the molecule is COc1ccccc1CNc1ccc(N)cc1Cl. The lowest BCUT2D eigenvalue weighted by Gasteiger charge is -2.11. The van der Waals surface area contributed by atoms with Gasteiger partial charge in [0.15, 0.2) is 0 Å². The van der Waals surface area contributed by atoms with Gasteiger partial charge in [0, 0.05) is 17.8 Å². The Hall–Kier alpha value is -1.87. The molecule has 0 unspecified atom stereocenters. The number of methoxy groups -OCH3 is 1. The maximum Gasteiger partial charge on any atom is 0.123 e. The minimum absolute atomic E-state index is 0.616. The van der Waals surface area contributed by atoms with Crippen LogP contribution in [0.4, 0.5) is 11.4 Å². The molecule has 0 fully saturated rings. The molecule has 0 bridgehead atoms. The second-order valence-electron chi connectivity index (χ2n) is 3.90. The number of nitrogens with one attached hydrogen (secondary N) is 1. The van der Waals surface area contributed by atoms with Crippen molar-refractivity contribution in [3.63, 3.8) is 0 Å². The van der Waals surface area contributed by atoms with Crippen molar-refractivity contribution in [2.24, 2.45) is 0 Å². The van der Waals surface area contributed by atoms with E-state index in [9.17, 15) is 0 Å². The van der Waals surface area contributed by atoms with Crippen LogP contribution in [0.15, 0.2) is 42.5 Å². The van der Waals surface area contributed by atoms with Gasteiger partial charge in [0.25, 0.3) is 0 Å². The van der Waals surface area contributed by atoms with Crippen LogP contribution in [0.5, 0.6) is 5.75 Å². The fourth-order valence-corrected chi connectivity index (χ4v) is 1.97. The topological polar surface area (TPSA) is 47.3 Å². The molecule has 0 amide bonds. The average Bonchev–Trinajstić information content (AvgIpc) is 2.38. The number of anilines is 2. The molecule has 0 aliphatic heterocycles. The van der Waals surface area contributed by atoms with Crippen molar-refractivity contribution >= 4 is 23.0 Å². The van der Waals surface area contributed by atoms with E-state index in [-0.39, 0.29) is 0 Å². The van der Waals surface area contributed by atoms with Crippen LogP contribution in [0.3, 0.4) is 0 Å². The standard InChI is InChI=1S/C14H15ClN2O/c1-18-14-5-3-2-4-10(14)9-17-13-7-6-11(16)8-12(13)15/h2-8,17H,9,16H2,1H3. The Labute approximate surface area is 112 Å². The molecule has 0 heterocycles. The summed E-state index contributed by atoms with van der Waals surface area (Å²) in [5.74, 6) is 0.858. The Balaban J connectivity index is 2.11. The minimum atomic E-state index is 0.616. The van der Waals surface area contributed by atoms with Gasteiger partial charge in [-0.1, -0.05) is 29.8 Å². The van der Waals surface area contributed by atoms with Gasteiger partial charge in [-0.25, -0.2) is 0 Å². The molecule has 2 aromatic rings. The summed E-state index contributed by atoms with van der Waals surface area (Å²) in [6.45, 7) is 0.646. The first kappa shape index (κ1) is 12.6. The van der Waals surface area contributed by atoms with E-state index in [2.05, 4.69) is 5.32 Å². The molecule has 2 aromatic carbocycles. The van der Waals surface area contributed by atoms with E-state index < -0.39 is 0 Å². The predicted octanol–water partition coefficient (Wildman–Crippen LogP) is 3.54. The van der Waals surface area contributed by atoms with Crippen molar-refractivity contribution in [2.75, 3.05) is 18.2 Å². The Morgan fingerprint density at radius 2 is 2.00 bits per heavy atom. The molecular weight excluding hydrogens is 248 g/mol. The maximum absolute atomic E-state index is 6.10. The van der Waals surface area contributed by atoms with Gasteiger partial charge < -0.3 is 15.8 Å². The van der Waals surface area contributed by atoms with Gasteiger partial charge in [-0.2, -0.15) is 0 Å². The van der Waals surface area contributed by atoms with E-state index in [1.807, 2.05) is 36.4 Å². The monoisotopic (exact) mass is 262 g/mol. The summed E-state index contributed by atoms with van der Waals surface area (Å²) in [4.78, 5) is 0. The van der Waals surface area contributed by atoms with Crippen molar-refractivity contribution in [1.29, 1.82) is 0 Å². The zero-order chi connectivity index (χ0) is 13.0. The van der Waals surface area contributed by atoms with Gasteiger partial charge in [0.05, 0.1) is 17.8 Å². The van der Waals surface area contributed by atoms with E-state index >= 15 is 0 Å². The van der Waals surface area contributed by atoms with Gasteiger partial charge in [-0.05, 0) is 24.3 Å². The van der Waals surface area contributed by atoms with Crippen molar-refractivity contribution < 1.29 is 4.74 Å². The number of hydrogen-bond acceptors (Lipinski definition) is 3. The van der Waals surface area contributed by atoms with E-state index in [0.29, 0.717) is 17.3 Å². The zero-order valence-corrected chi connectivity index (χ0v) is 10.9. The number of benzene rings is 2. The largest absolute Gasteiger partial charge is 0.496 e. The molecule has 0 spiro atoms. The molecular formula is C14H15ClN2O. The third kappa shape index (κ3) is 2.87. The third-order valence-electron chi connectivity index (χ3n) is 2.65. The van der Waals surface area contributed by atoms with E-state index in [4.69, 9.17) is 22.1 Å². The number of nitrogen functional groups attached to an aromatic ring is 1. The lowest BCUT2D eigenvalue weighted by molar-refractivity contribution is 0.410. The fraction of sp³-hybridized carbons (Fsp3) is 0.143. The maximum atomic E-state index is 6.10. The van der Waals surface area contributed by atoms with Crippen molar-refractivity contribution in [3.05, 3.63) is 53.1 Å². The van der Waals surface area contributed by atoms with Gasteiger partial charge in [-0.3, -0.25) is 0 Å². The lowest BCUT2D eigenvalue weighted by atomic mass is 10.2. The molecule has 18 heavy (non-hydrogen) atoms. The first-order valence-electron chi connectivity index (χ1n) is 5.61. The third-order valence-corrected chi connectivity index (χ3v) is 2.97. The highest BCUT2D eigenvalue weighted by Crippen LogP contribution is 2.25. The molecule has 0 aliphatic rings. The highest BCUT2D eigenvalue weighted by Gasteiger charge is 2.03. The van der Waals surface area contributed by atoms with Crippen LogP contribution in [0.2, 0.25) is 5.02 Å². The highest BCUT2D eigenvalue weighted by atomic mass is 35.5. The van der Waals surface area contributed by atoms with Crippen LogP contribution in [-0.4, -0.2) is 7.11 Å². The molecule has 0 atom stereocenters. The molecule has 94 valence electrons. The summed E-state index contributed by atoms with van der Waals surface area (Å²) >= 11 is 6.10. The van der Waals surface area contributed by atoms with Gasteiger partial charge in [0.1, 0.15) is 5.75 Å². The molecule has 4 heteroatoms. The van der Waals surface area contributed by atoms with Crippen LogP contribution in [-0.2, 0) is 6.54 Å². The summed E-state index contributed by atoms with van der Waals surface area (Å²) < 4.78 is 5.29. The molecule has 0 saturated heterocycles. The number of rotatable bonds is 4. The lowest BCUT2D eigenvalue weighted by Crippen LogP contribution is -2.02. The molecule has 2 rings (SSSR count). The Bertz CT molecular complexity index is 543. The molecule has 0 radical (unpaired) electrons. The van der Waals surface area contributed by atoms with Crippen LogP contribution in [0.1, 0.15) is 5.56 Å². The van der Waals surface area contributed by atoms with Crippen LogP contribution in [0.25, 0.3) is 0 Å². The molecule has 0 saturated carbocycles. The Morgan fingerprint density at radius 3 is 2.72 bits per heavy atom. The van der Waals surface area contributed by atoms with Gasteiger partial charge >= 0.3 is 0 Å². The van der Waals surface area contributed by atoms with Crippen molar-refractivity contribution in [3.8, 4) is 5.75 Å². The first-order chi connectivity index (χ1) is 8.70. The van der Waals surface area contributed by atoms with Gasteiger partial charge in [0.2, 0.25) is 0 Å². The second kappa shape index (κ2) is 5.65. The number of halogens is 1. The Kier molecular flexibility index (Phi) is 3.95. The molecule has 3 N–H and O–H groups in total. The van der Waals surface area contributed by atoms with E-state index in [1.54, 1.807) is 13.2 Å². The summed E-state index contributed by atoms with van der Waals surface area (Å²) in [5.41, 5.74) is 8.24. The fourth-order valence-electron chi connectivity index (χ4n) is 1.71. The van der Waals surface area contributed by atoms with Crippen LogP contribution < -0.4 is 15.8 Å². The summed E-state index contributed by atoms with van der Waals surface area (Å²) in [5, 5.41) is 3.88. The van der Waals surface area contributed by atoms with Crippen molar-refractivity contribution in [2.45, 2.75) is 6.54 Å². The zero-order valence-electron chi connectivity index (χ0n) is 10.1.